The molecule has 1 aliphatic rings. The molecule has 35 heavy (non-hydrogen) atoms. The number of aliphatic hydroxyl groups excluding tert-OH is 1. The van der Waals surface area contributed by atoms with Crippen LogP contribution in [0.3, 0.4) is 0 Å². The van der Waals surface area contributed by atoms with Gasteiger partial charge in [0, 0.05) is 24.7 Å². The third-order valence-electron chi connectivity index (χ3n) is 5.81. The van der Waals surface area contributed by atoms with Crippen LogP contribution in [-0.2, 0) is 6.18 Å². The van der Waals surface area contributed by atoms with E-state index in [0.29, 0.717) is 13.1 Å². The molecule has 2 aromatic rings. The lowest BCUT2D eigenvalue weighted by molar-refractivity contribution is -0.137. The van der Waals surface area contributed by atoms with Crippen molar-refractivity contribution < 1.29 is 32.6 Å². The van der Waals surface area contributed by atoms with Crippen LogP contribution in [0.1, 0.15) is 29.8 Å². The zero-order chi connectivity index (χ0) is 25.8. The van der Waals surface area contributed by atoms with E-state index < -0.39 is 23.8 Å². The van der Waals surface area contributed by atoms with Gasteiger partial charge in [-0.15, -0.1) is 0 Å². The maximum Gasteiger partial charge on any atom is 0.416 e. The lowest BCUT2D eigenvalue weighted by atomic mass is 9.99. The van der Waals surface area contributed by atoms with Gasteiger partial charge in [0.15, 0.2) is 5.75 Å². The Morgan fingerprint density at radius 2 is 1.89 bits per heavy atom. The third kappa shape index (κ3) is 6.23. The van der Waals surface area contributed by atoms with Gasteiger partial charge in [-0.1, -0.05) is 13.0 Å². The SMILES string of the molecule is CNC[C@H]1Oc2c(NC(=O)Nc3ccc(C(F)(F)F)cc3)cccc2C(=O)N([C@@H](C)CO)C[C@H]1C. The van der Waals surface area contributed by atoms with Crippen molar-refractivity contribution in [1.82, 2.24) is 10.2 Å². The largest absolute Gasteiger partial charge is 0.486 e. The summed E-state index contributed by atoms with van der Waals surface area (Å²) in [6.07, 6.45) is -4.82. The molecule has 0 unspecified atom stereocenters. The number of hydrogen-bond acceptors (Lipinski definition) is 5. The molecular weight excluding hydrogens is 465 g/mol. The number of para-hydroxylation sites is 1. The molecule has 3 atom stereocenters. The Bertz CT molecular complexity index is 1050. The van der Waals surface area contributed by atoms with E-state index in [1.165, 1.54) is 0 Å². The van der Waals surface area contributed by atoms with Gasteiger partial charge in [-0.25, -0.2) is 4.79 Å². The first kappa shape index (κ1) is 26.3. The molecule has 1 heterocycles. The van der Waals surface area contributed by atoms with Crippen molar-refractivity contribution >= 4 is 23.3 Å². The second kappa shape index (κ2) is 11.0. The maximum absolute atomic E-state index is 13.3. The standard InChI is InChI=1S/C24H29F3N4O4/c1-14-12-31(15(2)13-32)22(33)18-5-4-6-19(21(18)35-20(14)11-28-3)30-23(34)29-17-9-7-16(8-10-17)24(25,26)27/h4-10,14-15,20,28,32H,11-13H2,1-3H3,(H2,29,30,34)/t14-,15+,20-/m1/s1. The quantitative estimate of drug-likeness (QED) is 0.490. The number of halogens is 3. The highest BCUT2D eigenvalue weighted by Crippen LogP contribution is 2.35. The predicted octanol–water partition coefficient (Wildman–Crippen LogP) is 3.79. The van der Waals surface area contributed by atoms with Gasteiger partial charge in [-0.3, -0.25) is 4.79 Å². The molecule has 190 valence electrons. The molecule has 0 fully saturated rings. The Kier molecular flexibility index (Phi) is 8.23. The first-order chi connectivity index (χ1) is 16.5. The molecule has 0 saturated heterocycles. The highest BCUT2D eigenvalue weighted by atomic mass is 19.4. The van der Waals surface area contributed by atoms with Crippen molar-refractivity contribution in [3.8, 4) is 5.75 Å². The van der Waals surface area contributed by atoms with Crippen LogP contribution in [0.5, 0.6) is 5.75 Å². The summed E-state index contributed by atoms with van der Waals surface area (Å²) in [5, 5.41) is 17.9. The van der Waals surface area contributed by atoms with Crippen LogP contribution < -0.4 is 20.7 Å². The van der Waals surface area contributed by atoms with Crippen LogP contribution >= 0.6 is 0 Å². The molecule has 0 aromatic heterocycles. The number of benzene rings is 2. The fourth-order valence-corrected chi connectivity index (χ4v) is 3.81. The van der Waals surface area contributed by atoms with E-state index in [9.17, 15) is 27.9 Å². The zero-order valence-corrected chi connectivity index (χ0v) is 19.6. The molecule has 8 nitrogen and oxygen atoms in total. The summed E-state index contributed by atoms with van der Waals surface area (Å²) in [6.45, 7) is 4.32. The van der Waals surface area contributed by atoms with E-state index >= 15 is 0 Å². The topological polar surface area (TPSA) is 103 Å². The van der Waals surface area contributed by atoms with Gasteiger partial charge in [0.2, 0.25) is 0 Å². The lowest BCUT2D eigenvalue weighted by Crippen LogP contribution is -2.49. The van der Waals surface area contributed by atoms with Crippen molar-refractivity contribution in [3.05, 3.63) is 53.6 Å². The molecule has 0 aliphatic carbocycles. The summed E-state index contributed by atoms with van der Waals surface area (Å²) in [6, 6.07) is 7.65. The minimum absolute atomic E-state index is 0.0948. The molecule has 11 heteroatoms. The summed E-state index contributed by atoms with van der Waals surface area (Å²) in [5.41, 5.74) is -0.209. The first-order valence-electron chi connectivity index (χ1n) is 11.2. The predicted molar refractivity (Wildman–Crippen MR) is 126 cm³/mol. The van der Waals surface area contributed by atoms with E-state index in [0.717, 1.165) is 24.3 Å². The normalized spacial score (nSPS) is 19.2. The third-order valence-corrected chi connectivity index (χ3v) is 5.81. The smallest absolute Gasteiger partial charge is 0.416 e. The number of likely N-dealkylation sites (N-methyl/N-ethyl adjacent to an activating group) is 1. The lowest BCUT2D eigenvalue weighted by Gasteiger charge is -2.37. The maximum atomic E-state index is 13.3. The Morgan fingerprint density at radius 3 is 2.49 bits per heavy atom. The number of urea groups is 1. The van der Waals surface area contributed by atoms with Gasteiger partial charge in [0.25, 0.3) is 5.91 Å². The first-order valence-corrected chi connectivity index (χ1v) is 11.2. The molecule has 0 radical (unpaired) electrons. The Labute approximate surface area is 201 Å². The van der Waals surface area contributed by atoms with Gasteiger partial charge in [-0.2, -0.15) is 13.2 Å². The fourth-order valence-electron chi connectivity index (χ4n) is 3.81. The highest BCUT2D eigenvalue weighted by molar-refractivity contribution is 6.04. The number of alkyl halides is 3. The summed E-state index contributed by atoms with van der Waals surface area (Å²) >= 11 is 0. The van der Waals surface area contributed by atoms with E-state index in [1.54, 1.807) is 37.1 Å². The number of nitrogens with one attached hydrogen (secondary N) is 3. The monoisotopic (exact) mass is 494 g/mol. The summed E-state index contributed by atoms with van der Waals surface area (Å²) in [7, 11) is 1.77. The Morgan fingerprint density at radius 1 is 1.20 bits per heavy atom. The number of carbonyl (C=O) groups excluding carboxylic acids is 2. The second-order valence-corrected chi connectivity index (χ2v) is 8.52. The van der Waals surface area contributed by atoms with Gasteiger partial charge in [-0.05, 0) is 50.4 Å². The number of nitrogens with zero attached hydrogens (tertiary/aromatic N) is 1. The number of amides is 3. The van der Waals surface area contributed by atoms with Crippen LogP contribution in [0.15, 0.2) is 42.5 Å². The van der Waals surface area contributed by atoms with E-state index in [2.05, 4.69) is 16.0 Å². The highest BCUT2D eigenvalue weighted by Gasteiger charge is 2.34. The minimum Gasteiger partial charge on any atom is -0.486 e. The average molecular weight is 495 g/mol. The molecule has 0 bridgehead atoms. The summed E-state index contributed by atoms with van der Waals surface area (Å²) in [4.78, 5) is 27.6. The molecule has 3 amide bonds. The Hall–Kier alpha value is -3.31. The van der Waals surface area contributed by atoms with Gasteiger partial charge in [0.1, 0.15) is 6.10 Å². The number of rotatable bonds is 6. The van der Waals surface area contributed by atoms with Crippen LogP contribution in [0.25, 0.3) is 0 Å². The van der Waals surface area contributed by atoms with Gasteiger partial charge >= 0.3 is 12.2 Å². The van der Waals surface area contributed by atoms with Crippen molar-refractivity contribution in [2.75, 3.05) is 37.4 Å². The molecular formula is C24H29F3N4O4. The van der Waals surface area contributed by atoms with E-state index in [-0.39, 0.29) is 47.2 Å². The molecule has 1 aliphatic heterocycles. The fraction of sp³-hybridized carbons (Fsp3) is 0.417. The number of ether oxygens (including phenoxy) is 1. The van der Waals surface area contributed by atoms with Crippen LogP contribution in [0.4, 0.5) is 29.3 Å². The van der Waals surface area contributed by atoms with Crippen LogP contribution in [0, 0.1) is 5.92 Å². The van der Waals surface area contributed by atoms with Crippen molar-refractivity contribution in [1.29, 1.82) is 0 Å². The molecule has 0 spiro atoms. The summed E-state index contributed by atoms with van der Waals surface area (Å²) < 4.78 is 44.5. The van der Waals surface area contributed by atoms with Crippen LogP contribution in [0.2, 0.25) is 0 Å². The van der Waals surface area contributed by atoms with Crippen LogP contribution in [-0.4, -0.2) is 60.8 Å². The number of anilines is 2. The second-order valence-electron chi connectivity index (χ2n) is 8.52. The molecule has 0 saturated carbocycles. The van der Waals surface area contributed by atoms with Crippen molar-refractivity contribution in [3.63, 3.8) is 0 Å². The zero-order valence-electron chi connectivity index (χ0n) is 19.6. The number of hydrogen-bond donors (Lipinski definition) is 4. The van der Waals surface area contributed by atoms with Crippen molar-refractivity contribution in [2.24, 2.45) is 5.92 Å². The molecule has 4 N–H and O–H groups in total. The van der Waals surface area contributed by atoms with E-state index in [4.69, 9.17) is 4.74 Å². The average Bonchev–Trinajstić information content (AvgIpc) is 2.81. The van der Waals surface area contributed by atoms with Crippen molar-refractivity contribution in [2.45, 2.75) is 32.2 Å². The molecule has 2 aromatic carbocycles. The van der Waals surface area contributed by atoms with E-state index in [1.807, 2.05) is 6.92 Å². The van der Waals surface area contributed by atoms with Gasteiger partial charge in [0.05, 0.1) is 29.5 Å². The minimum atomic E-state index is -4.48. The molecule has 3 rings (SSSR count). The Balaban J connectivity index is 1.89. The van der Waals surface area contributed by atoms with Gasteiger partial charge < -0.3 is 30.7 Å². The summed E-state index contributed by atoms with van der Waals surface area (Å²) in [5.74, 6) is -0.257. The number of fused-ring (bicyclic) bond motifs is 1. The number of aliphatic hydroxyl groups is 1. The number of carbonyl (C=O) groups is 2.